The highest BCUT2D eigenvalue weighted by Gasteiger charge is 2.33. The quantitative estimate of drug-likeness (QED) is 0.906. The van der Waals surface area contributed by atoms with E-state index in [1.807, 2.05) is 24.3 Å². The van der Waals surface area contributed by atoms with Gasteiger partial charge in [0.05, 0.1) is 13.0 Å². The molecule has 0 amide bonds. The maximum absolute atomic E-state index is 11.5. The lowest BCUT2D eigenvalue weighted by Gasteiger charge is -2.25. The standard InChI is InChI=1S/C21H18O3/c1-12(21(22)23)17-11-20(16-6-4-3-5-15(16)17)19-9-13-7-8-14(24-2)10-18(13)19/h3-12,20H,1-2H3,(H,22,23). The molecule has 0 aliphatic heterocycles. The summed E-state index contributed by atoms with van der Waals surface area (Å²) in [5.41, 5.74) is 6.75. The highest BCUT2D eigenvalue weighted by atomic mass is 16.5. The van der Waals surface area contributed by atoms with Crippen molar-refractivity contribution in [3.63, 3.8) is 0 Å². The van der Waals surface area contributed by atoms with Crippen molar-refractivity contribution < 1.29 is 14.6 Å². The van der Waals surface area contributed by atoms with Crippen LogP contribution in [0.5, 0.6) is 5.75 Å². The molecule has 2 aromatic rings. The second kappa shape index (κ2) is 5.38. The zero-order valence-electron chi connectivity index (χ0n) is 13.6. The molecule has 3 heteroatoms. The summed E-state index contributed by atoms with van der Waals surface area (Å²) in [4.78, 5) is 11.5. The van der Waals surface area contributed by atoms with Crippen molar-refractivity contribution >= 4 is 23.2 Å². The van der Waals surface area contributed by atoms with Gasteiger partial charge >= 0.3 is 5.97 Å². The molecular weight excluding hydrogens is 300 g/mol. The van der Waals surface area contributed by atoms with Gasteiger partial charge in [-0.3, -0.25) is 4.79 Å². The molecule has 0 heterocycles. The summed E-state index contributed by atoms with van der Waals surface area (Å²) in [6.07, 6.45) is 4.29. The molecule has 3 nitrogen and oxygen atoms in total. The Morgan fingerprint density at radius 3 is 2.71 bits per heavy atom. The van der Waals surface area contributed by atoms with Crippen LogP contribution in [0.3, 0.4) is 0 Å². The van der Waals surface area contributed by atoms with Crippen LogP contribution in [0.1, 0.15) is 35.1 Å². The molecule has 0 saturated heterocycles. The Morgan fingerprint density at radius 1 is 1.17 bits per heavy atom. The number of hydrogen-bond donors (Lipinski definition) is 1. The molecular formula is C21H18O3. The number of hydrogen-bond acceptors (Lipinski definition) is 2. The van der Waals surface area contributed by atoms with E-state index in [1.54, 1.807) is 14.0 Å². The van der Waals surface area contributed by atoms with Crippen molar-refractivity contribution in [2.45, 2.75) is 12.8 Å². The van der Waals surface area contributed by atoms with Gasteiger partial charge in [0.1, 0.15) is 5.75 Å². The fourth-order valence-electron chi connectivity index (χ4n) is 3.62. The van der Waals surface area contributed by atoms with Crippen LogP contribution in [0.25, 0.3) is 17.2 Å². The molecule has 2 aromatic carbocycles. The predicted octanol–water partition coefficient (Wildman–Crippen LogP) is 4.45. The number of carboxylic acids is 1. The summed E-state index contributed by atoms with van der Waals surface area (Å²) < 4.78 is 5.33. The van der Waals surface area contributed by atoms with Crippen LogP contribution in [0.15, 0.2) is 48.5 Å². The molecule has 0 radical (unpaired) electrons. The van der Waals surface area contributed by atoms with Gasteiger partial charge in [-0.05, 0) is 58.5 Å². The van der Waals surface area contributed by atoms with Gasteiger partial charge in [-0.2, -0.15) is 0 Å². The Kier molecular flexibility index (Phi) is 3.31. The number of allylic oxidation sites excluding steroid dienone is 2. The van der Waals surface area contributed by atoms with E-state index in [0.29, 0.717) is 0 Å². The fraction of sp³-hybridized carbons (Fsp3) is 0.190. The SMILES string of the molecule is COc1ccc2c(c1)C(C1C=C(C(C)C(=O)O)c3ccccc31)=C2. The average molecular weight is 318 g/mol. The van der Waals surface area contributed by atoms with E-state index < -0.39 is 11.9 Å². The van der Waals surface area contributed by atoms with Gasteiger partial charge < -0.3 is 9.84 Å². The van der Waals surface area contributed by atoms with Crippen LogP contribution in [0.4, 0.5) is 0 Å². The number of ether oxygens (including phenoxy) is 1. The van der Waals surface area contributed by atoms with E-state index >= 15 is 0 Å². The second-order valence-corrected chi connectivity index (χ2v) is 6.30. The van der Waals surface area contributed by atoms with E-state index in [2.05, 4.69) is 30.4 Å². The molecule has 0 aromatic heterocycles. The zero-order chi connectivity index (χ0) is 16.8. The minimum Gasteiger partial charge on any atom is -0.497 e. The summed E-state index contributed by atoms with van der Waals surface area (Å²) in [7, 11) is 1.67. The third-order valence-electron chi connectivity index (χ3n) is 5.01. The second-order valence-electron chi connectivity index (χ2n) is 6.30. The highest BCUT2D eigenvalue weighted by molar-refractivity contribution is 6.02. The lowest BCUT2D eigenvalue weighted by Crippen LogP contribution is -2.10. The van der Waals surface area contributed by atoms with Crippen LogP contribution in [-0.2, 0) is 4.79 Å². The first-order chi connectivity index (χ1) is 11.6. The summed E-state index contributed by atoms with van der Waals surface area (Å²) in [5.74, 6) is -0.352. The Labute approximate surface area is 140 Å². The zero-order valence-corrected chi connectivity index (χ0v) is 13.6. The van der Waals surface area contributed by atoms with Crippen molar-refractivity contribution in [2.75, 3.05) is 7.11 Å². The van der Waals surface area contributed by atoms with E-state index in [9.17, 15) is 9.90 Å². The molecule has 0 saturated carbocycles. The lowest BCUT2D eigenvalue weighted by atomic mass is 9.78. The van der Waals surface area contributed by atoms with Gasteiger partial charge in [0.15, 0.2) is 0 Å². The number of methoxy groups -OCH3 is 1. The number of benzene rings is 2. The van der Waals surface area contributed by atoms with Gasteiger partial charge in [-0.15, -0.1) is 0 Å². The summed E-state index contributed by atoms with van der Waals surface area (Å²) in [6, 6.07) is 14.2. The number of fused-ring (bicyclic) bond motifs is 2. The summed E-state index contributed by atoms with van der Waals surface area (Å²) in [5, 5.41) is 9.42. The Balaban J connectivity index is 1.78. The van der Waals surface area contributed by atoms with Gasteiger partial charge in [-0.25, -0.2) is 0 Å². The molecule has 120 valence electrons. The van der Waals surface area contributed by atoms with Gasteiger partial charge in [0.25, 0.3) is 0 Å². The minimum atomic E-state index is -0.790. The molecule has 0 bridgehead atoms. The molecule has 2 unspecified atom stereocenters. The maximum Gasteiger partial charge on any atom is 0.310 e. The van der Waals surface area contributed by atoms with Crippen LogP contribution in [0, 0.1) is 5.92 Å². The van der Waals surface area contributed by atoms with E-state index in [1.165, 1.54) is 22.3 Å². The molecule has 1 N–H and O–H groups in total. The number of rotatable bonds is 4. The van der Waals surface area contributed by atoms with Gasteiger partial charge in [-0.1, -0.05) is 36.4 Å². The number of carboxylic acid groups (broad SMARTS) is 1. The van der Waals surface area contributed by atoms with Gasteiger partial charge in [0, 0.05) is 5.92 Å². The van der Waals surface area contributed by atoms with Crippen molar-refractivity contribution in [3.8, 4) is 5.75 Å². The minimum absolute atomic E-state index is 0.109. The maximum atomic E-state index is 11.5. The Hall–Kier alpha value is -2.81. The summed E-state index contributed by atoms with van der Waals surface area (Å²) >= 11 is 0. The monoisotopic (exact) mass is 318 g/mol. The van der Waals surface area contributed by atoms with Crippen LogP contribution < -0.4 is 4.74 Å². The van der Waals surface area contributed by atoms with Crippen molar-refractivity contribution in [1.82, 2.24) is 0 Å². The molecule has 0 fully saturated rings. The number of aliphatic carboxylic acids is 1. The van der Waals surface area contributed by atoms with E-state index in [4.69, 9.17) is 4.74 Å². The van der Waals surface area contributed by atoms with Crippen molar-refractivity contribution in [3.05, 3.63) is 70.8 Å². The largest absolute Gasteiger partial charge is 0.497 e. The first-order valence-electron chi connectivity index (χ1n) is 8.04. The van der Waals surface area contributed by atoms with Gasteiger partial charge in [0.2, 0.25) is 0 Å². The highest BCUT2D eigenvalue weighted by Crippen LogP contribution is 2.50. The van der Waals surface area contributed by atoms with E-state index in [-0.39, 0.29) is 5.92 Å². The molecule has 0 spiro atoms. The van der Waals surface area contributed by atoms with E-state index in [0.717, 1.165) is 16.9 Å². The smallest absolute Gasteiger partial charge is 0.310 e. The fourth-order valence-corrected chi connectivity index (χ4v) is 3.62. The predicted molar refractivity (Wildman–Crippen MR) is 94.8 cm³/mol. The summed E-state index contributed by atoms with van der Waals surface area (Å²) in [6.45, 7) is 1.75. The van der Waals surface area contributed by atoms with Crippen molar-refractivity contribution in [1.29, 1.82) is 0 Å². The normalized spacial score (nSPS) is 18.7. The first kappa shape index (κ1) is 14.8. The molecule has 2 aliphatic carbocycles. The Bertz CT molecular complexity index is 905. The lowest BCUT2D eigenvalue weighted by molar-refractivity contribution is -0.139. The third kappa shape index (κ3) is 2.08. The first-order valence-corrected chi connectivity index (χ1v) is 8.04. The number of carbonyl (C=O) groups is 1. The Morgan fingerprint density at radius 2 is 1.96 bits per heavy atom. The molecule has 2 aliphatic rings. The average Bonchev–Trinajstić information content (AvgIpc) is 2.94. The van der Waals surface area contributed by atoms with Crippen molar-refractivity contribution in [2.24, 2.45) is 5.92 Å². The molecule has 4 rings (SSSR count). The van der Waals surface area contributed by atoms with Crippen LogP contribution in [-0.4, -0.2) is 18.2 Å². The van der Waals surface area contributed by atoms with Crippen LogP contribution >= 0.6 is 0 Å². The molecule has 2 atom stereocenters. The third-order valence-corrected chi connectivity index (χ3v) is 5.01. The topological polar surface area (TPSA) is 46.5 Å². The molecule has 24 heavy (non-hydrogen) atoms. The van der Waals surface area contributed by atoms with Crippen LogP contribution in [0.2, 0.25) is 0 Å².